The third kappa shape index (κ3) is 2.15. The Balaban J connectivity index is 2.17. The van der Waals surface area contributed by atoms with Gasteiger partial charge in [0.1, 0.15) is 0 Å². The average Bonchev–Trinajstić information content (AvgIpc) is 2.39. The highest BCUT2D eigenvalue weighted by Gasteiger charge is 2.22. The largest absolute Gasteiger partial charge is 0.481 e. The summed E-state index contributed by atoms with van der Waals surface area (Å²) in [4.78, 5) is 17.0. The van der Waals surface area contributed by atoms with Crippen molar-refractivity contribution < 1.29 is 9.53 Å². The number of rotatable bonds is 3. The highest BCUT2D eigenvalue weighted by atomic mass is 16.5. The van der Waals surface area contributed by atoms with Gasteiger partial charge in [0.05, 0.1) is 13.2 Å². The number of carbonyl (C=O) groups is 1. The maximum absolute atomic E-state index is 10.9. The molecule has 0 spiro atoms. The smallest absolute Gasteiger partial charge is 0.212 e. The molecule has 0 unspecified atom stereocenters. The molecule has 1 saturated heterocycles. The Morgan fingerprint density at radius 2 is 2.38 bits per heavy atom. The molecule has 16 heavy (non-hydrogen) atoms. The summed E-state index contributed by atoms with van der Waals surface area (Å²) in [5.41, 5.74) is 1.09. The average molecular weight is 220 g/mol. The van der Waals surface area contributed by atoms with E-state index in [0.29, 0.717) is 5.88 Å². The Morgan fingerprint density at radius 3 is 3.00 bits per heavy atom. The fourth-order valence-corrected chi connectivity index (χ4v) is 2.15. The molecular weight excluding hydrogens is 204 g/mol. The third-order valence-electron chi connectivity index (χ3n) is 3.03. The van der Waals surface area contributed by atoms with Crippen molar-refractivity contribution in [1.82, 2.24) is 9.88 Å². The lowest BCUT2D eigenvalue weighted by Crippen LogP contribution is -2.32. The first-order valence-corrected chi connectivity index (χ1v) is 5.56. The zero-order chi connectivity index (χ0) is 11.4. The second-order valence-corrected chi connectivity index (χ2v) is 3.99. The third-order valence-corrected chi connectivity index (χ3v) is 3.03. The van der Waals surface area contributed by atoms with Crippen LogP contribution in [0.1, 0.15) is 30.9 Å². The number of piperidine rings is 1. The van der Waals surface area contributed by atoms with Crippen LogP contribution in [0.2, 0.25) is 0 Å². The van der Waals surface area contributed by atoms with Crippen LogP contribution in [-0.4, -0.2) is 29.9 Å². The van der Waals surface area contributed by atoms with E-state index < -0.39 is 0 Å². The van der Waals surface area contributed by atoms with E-state index in [1.54, 1.807) is 13.3 Å². The zero-order valence-electron chi connectivity index (χ0n) is 9.43. The molecule has 2 rings (SSSR count). The maximum atomic E-state index is 10.9. The second-order valence-electron chi connectivity index (χ2n) is 3.99. The molecule has 2 heterocycles. The molecule has 0 bridgehead atoms. The predicted octanol–water partition coefficient (Wildman–Crippen LogP) is 1.77. The van der Waals surface area contributed by atoms with Gasteiger partial charge in [-0.1, -0.05) is 6.07 Å². The topological polar surface area (TPSA) is 42.4 Å². The Hall–Kier alpha value is -1.58. The van der Waals surface area contributed by atoms with Gasteiger partial charge >= 0.3 is 0 Å². The number of carbonyl (C=O) groups excluding carboxylic acids is 1. The number of ether oxygens (including phenoxy) is 1. The lowest BCUT2D eigenvalue weighted by molar-refractivity contribution is -0.121. The van der Waals surface area contributed by atoms with Crippen molar-refractivity contribution in [3.05, 3.63) is 23.9 Å². The van der Waals surface area contributed by atoms with E-state index in [0.717, 1.165) is 31.4 Å². The summed E-state index contributed by atoms with van der Waals surface area (Å²) in [7, 11) is 1.60. The van der Waals surface area contributed by atoms with Crippen LogP contribution < -0.4 is 4.74 Å². The molecule has 1 fully saturated rings. The lowest BCUT2D eigenvalue weighted by atomic mass is 9.97. The summed E-state index contributed by atoms with van der Waals surface area (Å²) in [6, 6.07) is 4.01. The molecule has 0 aliphatic carbocycles. The molecule has 4 nitrogen and oxygen atoms in total. The molecule has 1 aliphatic heterocycles. The quantitative estimate of drug-likeness (QED) is 0.729. The van der Waals surface area contributed by atoms with Crippen LogP contribution in [-0.2, 0) is 4.79 Å². The van der Waals surface area contributed by atoms with Crippen molar-refractivity contribution in [3.63, 3.8) is 0 Å². The van der Waals surface area contributed by atoms with Gasteiger partial charge in [0.15, 0.2) is 0 Å². The number of pyridine rings is 1. The van der Waals surface area contributed by atoms with E-state index in [4.69, 9.17) is 4.74 Å². The Kier molecular flexibility index (Phi) is 3.39. The molecule has 0 aromatic carbocycles. The molecule has 1 atom stereocenters. The van der Waals surface area contributed by atoms with E-state index >= 15 is 0 Å². The molecule has 1 amide bonds. The Morgan fingerprint density at radius 1 is 1.50 bits per heavy atom. The van der Waals surface area contributed by atoms with Crippen molar-refractivity contribution in [2.75, 3.05) is 13.7 Å². The summed E-state index contributed by atoms with van der Waals surface area (Å²) >= 11 is 0. The van der Waals surface area contributed by atoms with Crippen LogP contribution in [0, 0.1) is 0 Å². The van der Waals surface area contributed by atoms with E-state index in [9.17, 15) is 4.79 Å². The number of methoxy groups -OCH3 is 1. The van der Waals surface area contributed by atoms with Crippen molar-refractivity contribution >= 4 is 6.41 Å². The van der Waals surface area contributed by atoms with Crippen molar-refractivity contribution in [3.8, 4) is 5.88 Å². The van der Waals surface area contributed by atoms with Gasteiger partial charge in [-0.2, -0.15) is 0 Å². The van der Waals surface area contributed by atoms with Crippen molar-refractivity contribution in [2.45, 2.75) is 25.3 Å². The number of aromatic nitrogens is 1. The van der Waals surface area contributed by atoms with Gasteiger partial charge in [0, 0.05) is 18.8 Å². The van der Waals surface area contributed by atoms with Gasteiger partial charge < -0.3 is 9.64 Å². The van der Waals surface area contributed by atoms with E-state index in [-0.39, 0.29) is 6.04 Å². The SMILES string of the molecule is COc1ccc([C@H]2CCCCN2C=O)cn1. The van der Waals surface area contributed by atoms with Gasteiger partial charge in [0.25, 0.3) is 0 Å². The monoisotopic (exact) mass is 220 g/mol. The van der Waals surface area contributed by atoms with Gasteiger partial charge in [0.2, 0.25) is 12.3 Å². The Labute approximate surface area is 95.2 Å². The minimum Gasteiger partial charge on any atom is -0.481 e. The highest BCUT2D eigenvalue weighted by molar-refractivity contribution is 5.49. The van der Waals surface area contributed by atoms with Crippen LogP contribution in [0.5, 0.6) is 5.88 Å². The number of nitrogens with zero attached hydrogens (tertiary/aromatic N) is 2. The van der Waals surface area contributed by atoms with Crippen molar-refractivity contribution in [1.29, 1.82) is 0 Å². The molecule has 1 aromatic heterocycles. The number of hydrogen-bond acceptors (Lipinski definition) is 3. The van der Waals surface area contributed by atoms with Gasteiger partial charge in [-0.25, -0.2) is 4.98 Å². The van der Waals surface area contributed by atoms with Crippen LogP contribution in [0.15, 0.2) is 18.3 Å². The summed E-state index contributed by atoms with van der Waals surface area (Å²) in [6.45, 7) is 0.847. The van der Waals surface area contributed by atoms with E-state index in [2.05, 4.69) is 4.98 Å². The normalized spacial score (nSPS) is 20.6. The molecule has 0 radical (unpaired) electrons. The van der Waals surface area contributed by atoms with E-state index in [1.807, 2.05) is 17.0 Å². The fraction of sp³-hybridized carbons (Fsp3) is 0.500. The molecule has 4 heteroatoms. The van der Waals surface area contributed by atoms with E-state index in [1.165, 1.54) is 6.42 Å². The zero-order valence-corrected chi connectivity index (χ0v) is 9.43. The number of likely N-dealkylation sites (tertiary alicyclic amines) is 1. The fourth-order valence-electron chi connectivity index (χ4n) is 2.15. The van der Waals surface area contributed by atoms with Crippen LogP contribution >= 0.6 is 0 Å². The van der Waals surface area contributed by atoms with Gasteiger partial charge in [-0.05, 0) is 24.8 Å². The standard InChI is InChI=1S/C12H16N2O2/c1-16-12-6-5-10(8-13-12)11-4-2-3-7-14(11)9-15/h5-6,8-9,11H,2-4,7H2,1H3/t11-/m1/s1. The highest BCUT2D eigenvalue weighted by Crippen LogP contribution is 2.29. The summed E-state index contributed by atoms with van der Waals surface area (Å²) in [5.74, 6) is 0.609. The number of amides is 1. The molecular formula is C12H16N2O2. The minimum atomic E-state index is 0.185. The second kappa shape index (κ2) is 4.96. The summed E-state index contributed by atoms with van der Waals surface area (Å²) < 4.78 is 5.02. The van der Waals surface area contributed by atoms with Crippen LogP contribution in [0.25, 0.3) is 0 Å². The first-order chi connectivity index (χ1) is 7.85. The number of hydrogen-bond donors (Lipinski definition) is 0. The predicted molar refractivity (Wildman–Crippen MR) is 60.2 cm³/mol. The maximum Gasteiger partial charge on any atom is 0.212 e. The van der Waals surface area contributed by atoms with Crippen LogP contribution in [0.4, 0.5) is 0 Å². The molecule has 0 N–H and O–H groups in total. The molecule has 86 valence electrons. The molecule has 1 aromatic rings. The summed E-state index contributed by atoms with van der Waals surface area (Å²) in [6.07, 6.45) is 6.02. The van der Waals surface area contributed by atoms with Gasteiger partial charge in [-0.15, -0.1) is 0 Å². The first kappa shape index (κ1) is 10.9. The van der Waals surface area contributed by atoms with Crippen LogP contribution in [0.3, 0.4) is 0 Å². The lowest BCUT2D eigenvalue weighted by Gasteiger charge is -2.32. The van der Waals surface area contributed by atoms with Gasteiger partial charge in [-0.3, -0.25) is 4.79 Å². The summed E-state index contributed by atoms with van der Waals surface area (Å²) in [5, 5.41) is 0. The molecule has 0 saturated carbocycles. The molecule has 1 aliphatic rings. The first-order valence-electron chi connectivity index (χ1n) is 5.56. The van der Waals surface area contributed by atoms with Crippen molar-refractivity contribution in [2.24, 2.45) is 0 Å². The Bertz CT molecular complexity index is 351. The minimum absolute atomic E-state index is 0.185.